The highest BCUT2D eigenvalue weighted by atomic mass is 16.6. The van der Waals surface area contributed by atoms with E-state index >= 15 is 0 Å². The van der Waals surface area contributed by atoms with E-state index in [0.29, 0.717) is 19.3 Å². The Kier molecular flexibility index (Phi) is 54.5. The Bertz CT molecular complexity index is 1550. The monoisotopic (exact) mass is 981 g/mol. The van der Waals surface area contributed by atoms with E-state index in [-0.39, 0.29) is 37.5 Å². The van der Waals surface area contributed by atoms with Crippen LogP contribution >= 0.6 is 0 Å². The fourth-order valence-corrected chi connectivity index (χ4v) is 7.39. The van der Waals surface area contributed by atoms with Crippen molar-refractivity contribution < 1.29 is 28.6 Å². The van der Waals surface area contributed by atoms with Crippen LogP contribution in [0, 0.1) is 0 Å². The van der Waals surface area contributed by atoms with Crippen molar-refractivity contribution in [2.45, 2.75) is 245 Å². The number of ether oxygens (including phenoxy) is 3. The first-order valence-electron chi connectivity index (χ1n) is 28.7. The van der Waals surface area contributed by atoms with Crippen molar-refractivity contribution >= 4 is 17.9 Å². The van der Waals surface area contributed by atoms with Crippen LogP contribution in [0.15, 0.2) is 134 Å². The molecule has 400 valence electrons. The van der Waals surface area contributed by atoms with E-state index in [9.17, 15) is 14.4 Å². The SMILES string of the molecule is CC/C=C\C/C=C\C/C=C\C/C=C\C/C=C\C/C=C\CCC(=O)OCC(COC(=O)CCCCCCC/C=C\C/C=C\C/C=C\CC)OC(=O)CCCCCCCCCCC/C=C\C/C=C\CCCCC. The van der Waals surface area contributed by atoms with Crippen LogP contribution in [0.3, 0.4) is 0 Å². The zero-order valence-corrected chi connectivity index (χ0v) is 45.7. The van der Waals surface area contributed by atoms with Gasteiger partial charge in [-0.2, -0.15) is 0 Å². The maximum atomic E-state index is 12.9. The number of rotatable bonds is 50. The lowest BCUT2D eigenvalue weighted by atomic mass is 10.1. The standard InChI is InChI=1S/C65H104O6/c1-4-7-10-13-16-19-22-25-28-30-32-34-37-40-43-46-49-52-55-58-64(67)70-61-62(60-69-63(66)57-54-51-48-45-42-39-36-27-24-21-18-15-12-9-6-3)71-65(68)59-56-53-50-47-44-41-38-35-33-31-29-26-23-20-17-14-11-8-5-2/h7,9-10,12,16-21,25-29,32,34,36,40,43,49,52,62H,4-6,8,11,13-15,22-24,30-31,33,35,37-39,41-42,44-48,50-51,53-61H2,1-3H3/b10-7-,12-9-,19-16-,20-17-,21-18-,28-25-,29-26-,34-32-,36-27-,43-40-,52-49-. The highest BCUT2D eigenvalue weighted by Crippen LogP contribution is 2.14. The van der Waals surface area contributed by atoms with Gasteiger partial charge in [0.25, 0.3) is 0 Å². The Morgan fingerprint density at radius 1 is 0.296 bits per heavy atom. The largest absolute Gasteiger partial charge is 0.462 e. The average molecular weight is 982 g/mol. The topological polar surface area (TPSA) is 78.9 Å². The van der Waals surface area contributed by atoms with Crippen LogP contribution in [0.5, 0.6) is 0 Å². The van der Waals surface area contributed by atoms with Gasteiger partial charge in [0, 0.05) is 19.3 Å². The normalized spacial score (nSPS) is 13.1. The van der Waals surface area contributed by atoms with Crippen molar-refractivity contribution in [1.29, 1.82) is 0 Å². The lowest BCUT2D eigenvalue weighted by molar-refractivity contribution is -0.166. The molecule has 1 unspecified atom stereocenters. The summed E-state index contributed by atoms with van der Waals surface area (Å²) in [5, 5.41) is 0. The summed E-state index contributed by atoms with van der Waals surface area (Å²) in [6.07, 6.45) is 81.6. The van der Waals surface area contributed by atoms with E-state index < -0.39 is 6.10 Å². The highest BCUT2D eigenvalue weighted by molar-refractivity contribution is 5.71. The molecular weight excluding hydrogens is 877 g/mol. The van der Waals surface area contributed by atoms with Gasteiger partial charge in [0.15, 0.2) is 6.10 Å². The predicted octanol–water partition coefficient (Wildman–Crippen LogP) is 19.4. The lowest BCUT2D eigenvalue weighted by Crippen LogP contribution is -2.30. The van der Waals surface area contributed by atoms with Crippen molar-refractivity contribution in [3.8, 4) is 0 Å². The second kappa shape index (κ2) is 58.1. The third-order valence-corrected chi connectivity index (χ3v) is 11.6. The van der Waals surface area contributed by atoms with Gasteiger partial charge in [-0.15, -0.1) is 0 Å². The molecule has 0 aliphatic rings. The van der Waals surface area contributed by atoms with Gasteiger partial charge >= 0.3 is 17.9 Å². The Balaban J connectivity index is 4.54. The average Bonchev–Trinajstić information content (AvgIpc) is 3.37. The van der Waals surface area contributed by atoms with E-state index in [4.69, 9.17) is 14.2 Å². The third-order valence-electron chi connectivity index (χ3n) is 11.6. The summed E-state index contributed by atoms with van der Waals surface area (Å²) < 4.78 is 16.8. The van der Waals surface area contributed by atoms with Crippen LogP contribution in [0.2, 0.25) is 0 Å². The summed E-state index contributed by atoms with van der Waals surface area (Å²) >= 11 is 0. The number of carbonyl (C=O) groups excluding carboxylic acids is 3. The van der Waals surface area contributed by atoms with Crippen LogP contribution in [0.4, 0.5) is 0 Å². The molecule has 0 saturated carbocycles. The molecule has 6 heteroatoms. The van der Waals surface area contributed by atoms with Crippen LogP contribution in [-0.2, 0) is 28.6 Å². The molecule has 0 spiro atoms. The summed E-state index contributed by atoms with van der Waals surface area (Å²) in [6, 6.07) is 0. The van der Waals surface area contributed by atoms with Gasteiger partial charge in [0.1, 0.15) is 13.2 Å². The number of allylic oxidation sites excluding steroid dienone is 22. The van der Waals surface area contributed by atoms with Gasteiger partial charge in [-0.25, -0.2) is 0 Å². The lowest BCUT2D eigenvalue weighted by Gasteiger charge is -2.18. The van der Waals surface area contributed by atoms with Crippen molar-refractivity contribution in [1.82, 2.24) is 0 Å². The van der Waals surface area contributed by atoms with Gasteiger partial charge in [-0.1, -0.05) is 231 Å². The van der Waals surface area contributed by atoms with Gasteiger partial charge in [0.05, 0.1) is 0 Å². The molecule has 0 amide bonds. The molecule has 0 aliphatic carbocycles. The first-order chi connectivity index (χ1) is 35.0. The van der Waals surface area contributed by atoms with E-state index in [2.05, 4.69) is 148 Å². The Morgan fingerprint density at radius 3 is 0.944 bits per heavy atom. The van der Waals surface area contributed by atoms with Crippen LogP contribution in [0.25, 0.3) is 0 Å². The molecule has 1 atom stereocenters. The number of carbonyl (C=O) groups is 3. The molecule has 0 radical (unpaired) electrons. The first kappa shape index (κ1) is 66.6. The van der Waals surface area contributed by atoms with Gasteiger partial charge in [-0.3, -0.25) is 14.4 Å². The van der Waals surface area contributed by atoms with E-state index in [1.54, 1.807) is 0 Å². The summed E-state index contributed by atoms with van der Waals surface area (Å²) in [6.45, 7) is 6.30. The highest BCUT2D eigenvalue weighted by Gasteiger charge is 2.19. The summed E-state index contributed by atoms with van der Waals surface area (Å²) in [4.78, 5) is 38.2. The molecular formula is C65H104O6. The van der Waals surface area contributed by atoms with Crippen LogP contribution in [0.1, 0.15) is 239 Å². The van der Waals surface area contributed by atoms with Gasteiger partial charge in [0.2, 0.25) is 0 Å². The Morgan fingerprint density at radius 2 is 0.577 bits per heavy atom. The molecule has 0 rings (SSSR count). The van der Waals surface area contributed by atoms with E-state index in [0.717, 1.165) is 122 Å². The van der Waals surface area contributed by atoms with Gasteiger partial charge < -0.3 is 14.2 Å². The molecule has 0 N–H and O–H groups in total. The van der Waals surface area contributed by atoms with Crippen LogP contribution in [-0.4, -0.2) is 37.2 Å². The molecule has 0 fully saturated rings. The predicted molar refractivity (Wildman–Crippen MR) is 306 cm³/mol. The molecule has 0 aromatic carbocycles. The van der Waals surface area contributed by atoms with E-state index in [1.807, 2.05) is 6.08 Å². The minimum atomic E-state index is -0.824. The number of esters is 3. The van der Waals surface area contributed by atoms with Crippen LogP contribution < -0.4 is 0 Å². The fraction of sp³-hybridized carbons (Fsp3) is 0.615. The second-order valence-corrected chi connectivity index (χ2v) is 18.4. The number of hydrogen-bond acceptors (Lipinski definition) is 6. The van der Waals surface area contributed by atoms with Gasteiger partial charge in [-0.05, 0) is 122 Å². The Hall–Kier alpha value is -4.45. The van der Waals surface area contributed by atoms with Crippen molar-refractivity contribution in [2.75, 3.05) is 13.2 Å². The molecule has 0 aromatic heterocycles. The number of unbranched alkanes of at least 4 members (excludes halogenated alkanes) is 17. The smallest absolute Gasteiger partial charge is 0.306 e. The maximum Gasteiger partial charge on any atom is 0.306 e. The summed E-state index contributed by atoms with van der Waals surface area (Å²) in [7, 11) is 0. The van der Waals surface area contributed by atoms with E-state index in [1.165, 1.54) is 70.6 Å². The molecule has 0 bridgehead atoms. The first-order valence-corrected chi connectivity index (χ1v) is 28.7. The zero-order chi connectivity index (χ0) is 51.4. The molecule has 0 heterocycles. The fourth-order valence-electron chi connectivity index (χ4n) is 7.39. The molecule has 71 heavy (non-hydrogen) atoms. The minimum Gasteiger partial charge on any atom is -0.462 e. The number of hydrogen-bond donors (Lipinski definition) is 0. The van der Waals surface area contributed by atoms with Crippen molar-refractivity contribution in [2.24, 2.45) is 0 Å². The van der Waals surface area contributed by atoms with Crippen molar-refractivity contribution in [3.63, 3.8) is 0 Å². The maximum absolute atomic E-state index is 12.9. The third kappa shape index (κ3) is 56.3. The molecule has 0 aromatic rings. The quantitative estimate of drug-likeness (QED) is 0.0262. The van der Waals surface area contributed by atoms with Crippen molar-refractivity contribution in [3.05, 3.63) is 134 Å². The summed E-state index contributed by atoms with van der Waals surface area (Å²) in [5.74, 6) is -1.03. The zero-order valence-electron chi connectivity index (χ0n) is 45.7. The molecule has 6 nitrogen and oxygen atoms in total. The molecule has 0 aliphatic heterocycles. The summed E-state index contributed by atoms with van der Waals surface area (Å²) in [5.41, 5.74) is 0. The Labute approximate surface area is 436 Å². The second-order valence-electron chi connectivity index (χ2n) is 18.4. The molecule has 0 saturated heterocycles. The minimum absolute atomic E-state index is 0.116.